The van der Waals surface area contributed by atoms with E-state index >= 15 is 0 Å². The van der Waals surface area contributed by atoms with Gasteiger partial charge in [-0.05, 0) is 31.4 Å². The average Bonchev–Trinajstić information content (AvgIpc) is 3.48. The van der Waals surface area contributed by atoms with Gasteiger partial charge in [-0.25, -0.2) is 9.97 Å². The van der Waals surface area contributed by atoms with Crippen LogP contribution in [-0.4, -0.2) is 57.8 Å². The zero-order chi connectivity index (χ0) is 23.8. The van der Waals surface area contributed by atoms with Crippen LogP contribution in [0.3, 0.4) is 0 Å². The summed E-state index contributed by atoms with van der Waals surface area (Å²) in [5, 5.41) is 10.9. The van der Waals surface area contributed by atoms with Gasteiger partial charge >= 0.3 is 0 Å². The first-order chi connectivity index (χ1) is 16.7. The molecule has 0 bridgehead atoms. The Balaban J connectivity index is 0.000000226. The summed E-state index contributed by atoms with van der Waals surface area (Å²) in [5.74, 6) is 0.515. The van der Waals surface area contributed by atoms with Crippen LogP contribution in [0.2, 0.25) is 0 Å². The molecule has 2 fully saturated rings. The van der Waals surface area contributed by atoms with Crippen molar-refractivity contribution < 1.29 is 9.53 Å². The van der Waals surface area contributed by atoms with E-state index in [-0.39, 0.29) is 5.91 Å². The minimum atomic E-state index is -0.225. The van der Waals surface area contributed by atoms with E-state index in [2.05, 4.69) is 30.7 Å². The van der Waals surface area contributed by atoms with Crippen molar-refractivity contribution >= 4 is 28.4 Å². The maximum Gasteiger partial charge on any atom is 0.256 e. The quantitative estimate of drug-likeness (QED) is 0.415. The van der Waals surface area contributed by atoms with Crippen LogP contribution in [0.1, 0.15) is 55.3 Å². The first-order valence-corrected chi connectivity index (χ1v) is 12.0. The molecule has 0 radical (unpaired) electrons. The van der Waals surface area contributed by atoms with Crippen molar-refractivity contribution in [3.63, 3.8) is 0 Å². The van der Waals surface area contributed by atoms with Gasteiger partial charge < -0.3 is 20.4 Å². The molecule has 34 heavy (non-hydrogen) atoms. The third-order valence-electron chi connectivity index (χ3n) is 6.00. The molecule has 6 rings (SSSR count). The predicted molar refractivity (Wildman–Crippen MR) is 134 cm³/mol. The summed E-state index contributed by atoms with van der Waals surface area (Å²) >= 11 is 0. The number of nitrogens with one attached hydrogen (secondary N) is 3. The van der Waals surface area contributed by atoms with Crippen LogP contribution in [0.4, 0.5) is 5.82 Å². The molecular formula is C25H33N7O2. The van der Waals surface area contributed by atoms with Crippen molar-refractivity contribution in [1.82, 2.24) is 29.9 Å². The Labute approximate surface area is 199 Å². The Kier molecular flexibility index (Phi) is 8.08. The fourth-order valence-corrected chi connectivity index (χ4v) is 3.68. The number of carbonyl (C=O) groups is 1. The number of nitrogens with zero attached hydrogens (tertiary/aromatic N) is 4. The standard InChI is InChI=1S/C16H15N7O.C5H10O.C4H8/c1-17-13-6-12(10-7-20-14-9(10)4-3-5-19-14)22-15-11(16(24)18-2)8-21-23(13)15;1-2-4-6-5-3-1;1-2-4-3-1/h3-8,17H,1-2H3,(H,18,24)(H,19,20);1-5H2;1-4H2. The van der Waals surface area contributed by atoms with Crippen molar-refractivity contribution in [2.45, 2.75) is 44.9 Å². The second kappa shape index (κ2) is 11.6. The molecule has 0 spiro atoms. The highest BCUT2D eigenvalue weighted by Gasteiger charge is 2.17. The van der Waals surface area contributed by atoms with E-state index in [9.17, 15) is 4.79 Å². The van der Waals surface area contributed by atoms with Gasteiger partial charge in [-0.3, -0.25) is 4.79 Å². The molecule has 4 aromatic rings. The lowest BCUT2D eigenvalue weighted by molar-refractivity contribution is 0.0963. The van der Waals surface area contributed by atoms with Gasteiger partial charge in [-0.2, -0.15) is 9.61 Å². The first-order valence-electron chi connectivity index (χ1n) is 12.0. The fraction of sp³-hybridized carbons (Fsp3) is 0.440. The lowest BCUT2D eigenvalue weighted by atomic mass is 10.0. The summed E-state index contributed by atoms with van der Waals surface area (Å²) in [6.45, 7) is 2.00. The number of hydrogen-bond donors (Lipinski definition) is 3. The van der Waals surface area contributed by atoms with Crippen molar-refractivity contribution in [1.29, 1.82) is 0 Å². The Morgan fingerprint density at radius 3 is 2.41 bits per heavy atom. The van der Waals surface area contributed by atoms with Crippen molar-refractivity contribution in [3.8, 4) is 11.3 Å². The summed E-state index contributed by atoms with van der Waals surface area (Å²) in [5.41, 5.74) is 3.36. The fourth-order valence-electron chi connectivity index (χ4n) is 3.68. The molecular weight excluding hydrogens is 430 g/mol. The van der Waals surface area contributed by atoms with Crippen LogP contribution >= 0.6 is 0 Å². The van der Waals surface area contributed by atoms with E-state index in [0.29, 0.717) is 11.2 Å². The number of carbonyl (C=O) groups excluding carboxylic acids is 1. The van der Waals surface area contributed by atoms with Crippen LogP contribution in [-0.2, 0) is 4.74 Å². The molecule has 9 heteroatoms. The number of rotatable bonds is 3. The van der Waals surface area contributed by atoms with E-state index in [1.807, 2.05) is 24.4 Å². The zero-order valence-electron chi connectivity index (χ0n) is 19.9. The highest BCUT2D eigenvalue weighted by atomic mass is 16.5. The van der Waals surface area contributed by atoms with Gasteiger partial charge in [0.25, 0.3) is 5.91 Å². The minimum Gasteiger partial charge on any atom is -0.381 e. The average molecular weight is 464 g/mol. The molecule has 0 unspecified atom stereocenters. The summed E-state index contributed by atoms with van der Waals surface area (Å²) in [6, 6.07) is 5.75. The summed E-state index contributed by atoms with van der Waals surface area (Å²) in [6.07, 6.45) is 15.0. The highest BCUT2D eigenvalue weighted by molar-refractivity contribution is 6.00. The smallest absolute Gasteiger partial charge is 0.256 e. The highest BCUT2D eigenvalue weighted by Crippen LogP contribution is 2.29. The van der Waals surface area contributed by atoms with Gasteiger partial charge in [-0.15, -0.1) is 0 Å². The largest absolute Gasteiger partial charge is 0.381 e. The molecule has 1 amide bonds. The molecule has 1 aliphatic heterocycles. The van der Waals surface area contributed by atoms with E-state index in [0.717, 1.165) is 41.3 Å². The molecule has 2 aliphatic rings. The van der Waals surface area contributed by atoms with E-state index in [4.69, 9.17) is 4.74 Å². The van der Waals surface area contributed by atoms with Crippen molar-refractivity contribution in [3.05, 3.63) is 42.4 Å². The minimum absolute atomic E-state index is 0.225. The SMILES string of the molecule is C1CCC1.C1CCOCC1.CNC(=O)c1cnn2c(NC)cc(-c3c[nH]c4ncccc34)nc12. The molecule has 0 atom stereocenters. The van der Waals surface area contributed by atoms with Crippen LogP contribution in [0.5, 0.6) is 0 Å². The number of hydrogen-bond acceptors (Lipinski definition) is 6. The maximum atomic E-state index is 12.1. The molecule has 1 saturated carbocycles. The number of amides is 1. The van der Waals surface area contributed by atoms with Gasteiger partial charge in [0, 0.05) is 56.7 Å². The Hall–Kier alpha value is -3.46. The molecule has 1 aliphatic carbocycles. The molecule has 3 N–H and O–H groups in total. The third-order valence-corrected chi connectivity index (χ3v) is 6.00. The summed E-state index contributed by atoms with van der Waals surface area (Å²) in [4.78, 5) is 24.2. The van der Waals surface area contributed by atoms with Gasteiger partial charge in [0.1, 0.15) is 17.0 Å². The van der Waals surface area contributed by atoms with Gasteiger partial charge in [0.15, 0.2) is 5.65 Å². The van der Waals surface area contributed by atoms with Crippen LogP contribution in [0.25, 0.3) is 27.9 Å². The molecule has 180 valence electrons. The summed E-state index contributed by atoms with van der Waals surface area (Å²) in [7, 11) is 3.39. The van der Waals surface area contributed by atoms with Gasteiger partial charge in [-0.1, -0.05) is 25.7 Å². The van der Waals surface area contributed by atoms with Gasteiger partial charge in [0.2, 0.25) is 0 Å². The number of aromatic amines is 1. The Morgan fingerprint density at radius 1 is 1.09 bits per heavy atom. The number of ether oxygens (including phenoxy) is 1. The van der Waals surface area contributed by atoms with Crippen LogP contribution in [0.15, 0.2) is 36.8 Å². The van der Waals surface area contributed by atoms with Crippen LogP contribution < -0.4 is 10.6 Å². The zero-order valence-corrected chi connectivity index (χ0v) is 19.9. The molecule has 9 nitrogen and oxygen atoms in total. The Morgan fingerprint density at radius 2 is 1.82 bits per heavy atom. The predicted octanol–water partition coefficient (Wildman–Crippen LogP) is 4.42. The monoisotopic (exact) mass is 463 g/mol. The molecule has 4 aromatic heterocycles. The second-order valence-corrected chi connectivity index (χ2v) is 8.34. The number of H-pyrrole nitrogens is 1. The summed E-state index contributed by atoms with van der Waals surface area (Å²) < 4.78 is 6.68. The van der Waals surface area contributed by atoms with Gasteiger partial charge in [0.05, 0.1) is 11.9 Å². The number of anilines is 1. The number of aromatic nitrogens is 5. The van der Waals surface area contributed by atoms with E-state index in [1.54, 1.807) is 24.8 Å². The first kappa shape index (κ1) is 23.7. The third kappa shape index (κ3) is 5.36. The topological polar surface area (TPSA) is 109 Å². The second-order valence-electron chi connectivity index (χ2n) is 8.34. The van der Waals surface area contributed by atoms with Crippen molar-refractivity contribution in [2.24, 2.45) is 0 Å². The molecule has 5 heterocycles. The lowest BCUT2D eigenvalue weighted by Crippen LogP contribution is -2.17. The number of fused-ring (bicyclic) bond motifs is 2. The normalized spacial score (nSPS) is 14.9. The maximum absolute atomic E-state index is 12.1. The molecule has 1 saturated heterocycles. The van der Waals surface area contributed by atoms with Crippen LogP contribution in [0, 0.1) is 0 Å². The Bertz CT molecular complexity index is 1210. The van der Waals surface area contributed by atoms with E-state index < -0.39 is 0 Å². The van der Waals surface area contributed by atoms with E-state index in [1.165, 1.54) is 51.1 Å². The molecule has 0 aromatic carbocycles. The number of pyridine rings is 1. The van der Waals surface area contributed by atoms with Crippen molar-refractivity contribution in [2.75, 3.05) is 32.6 Å². The lowest BCUT2D eigenvalue weighted by Gasteiger charge is -2.08.